The van der Waals surface area contributed by atoms with Crippen LogP contribution >= 0.6 is 11.8 Å². The first-order valence-corrected chi connectivity index (χ1v) is 13.8. The van der Waals surface area contributed by atoms with Gasteiger partial charge in [0.2, 0.25) is 0 Å². The minimum absolute atomic E-state index is 0.0275. The first-order chi connectivity index (χ1) is 18.2. The fourth-order valence-electron chi connectivity index (χ4n) is 4.39. The van der Waals surface area contributed by atoms with Crippen LogP contribution in [0, 0.1) is 0 Å². The Balaban J connectivity index is 1.66. The van der Waals surface area contributed by atoms with E-state index in [1.807, 2.05) is 72.8 Å². The maximum atomic E-state index is 13.9. The lowest BCUT2D eigenvalue weighted by Gasteiger charge is -2.29. The van der Waals surface area contributed by atoms with E-state index < -0.39 is 12.0 Å². The highest BCUT2D eigenvalue weighted by Crippen LogP contribution is 2.45. The maximum Gasteiger partial charge on any atom is 0.329 e. The number of thioether (sulfide) groups is 1. The lowest BCUT2D eigenvalue weighted by atomic mass is 9.86. The number of nitrogens with zero attached hydrogens (tertiary/aromatic N) is 1. The van der Waals surface area contributed by atoms with E-state index in [1.165, 1.54) is 0 Å². The highest BCUT2D eigenvalue weighted by atomic mass is 32.2. The van der Waals surface area contributed by atoms with E-state index in [0.29, 0.717) is 29.4 Å². The average Bonchev–Trinajstić information content (AvgIpc) is 3.37. The molecule has 0 N–H and O–H groups in total. The zero-order valence-corrected chi connectivity index (χ0v) is 23.4. The van der Waals surface area contributed by atoms with Crippen molar-refractivity contribution >= 4 is 23.6 Å². The monoisotopic (exact) mass is 533 g/mol. The summed E-state index contributed by atoms with van der Waals surface area (Å²) in [5.41, 5.74) is 3.53. The number of carbonyl (C=O) groups is 2. The molecule has 200 valence electrons. The lowest BCUT2D eigenvalue weighted by molar-refractivity contribution is -0.147. The molecule has 1 saturated heterocycles. The molecule has 0 spiro atoms. The molecule has 0 aromatic heterocycles. The predicted molar refractivity (Wildman–Crippen MR) is 151 cm³/mol. The first-order valence-electron chi connectivity index (χ1n) is 12.8. The van der Waals surface area contributed by atoms with Crippen LogP contribution in [-0.2, 0) is 21.6 Å². The van der Waals surface area contributed by atoms with Gasteiger partial charge in [0.05, 0.1) is 13.7 Å². The van der Waals surface area contributed by atoms with Gasteiger partial charge in [0.15, 0.2) is 11.5 Å². The van der Waals surface area contributed by atoms with Crippen molar-refractivity contribution in [1.29, 1.82) is 0 Å². The van der Waals surface area contributed by atoms with Gasteiger partial charge in [0.25, 0.3) is 5.91 Å². The molecule has 1 aliphatic rings. The van der Waals surface area contributed by atoms with Crippen LogP contribution in [0.2, 0.25) is 0 Å². The number of hydrogen-bond acceptors (Lipinski definition) is 6. The Morgan fingerprint density at radius 2 is 1.68 bits per heavy atom. The fourth-order valence-corrected chi connectivity index (χ4v) is 5.79. The van der Waals surface area contributed by atoms with Gasteiger partial charge in [-0.3, -0.25) is 4.79 Å². The summed E-state index contributed by atoms with van der Waals surface area (Å²) in [4.78, 5) is 28.4. The van der Waals surface area contributed by atoms with Crippen LogP contribution in [0.1, 0.15) is 60.1 Å². The van der Waals surface area contributed by atoms with Crippen molar-refractivity contribution in [2.24, 2.45) is 0 Å². The van der Waals surface area contributed by atoms with Crippen molar-refractivity contribution < 1.29 is 23.8 Å². The molecule has 6 nitrogen and oxygen atoms in total. The van der Waals surface area contributed by atoms with Gasteiger partial charge < -0.3 is 19.1 Å². The fraction of sp³-hybridized carbons (Fsp3) is 0.355. The molecule has 38 heavy (non-hydrogen) atoms. The highest BCUT2D eigenvalue weighted by Gasteiger charge is 2.43. The second-order valence-corrected chi connectivity index (χ2v) is 11.3. The Morgan fingerprint density at radius 3 is 2.32 bits per heavy atom. The summed E-state index contributed by atoms with van der Waals surface area (Å²) in [6.07, 6.45) is 0. The molecule has 2 atom stereocenters. The molecule has 3 aromatic carbocycles. The molecule has 0 radical (unpaired) electrons. The van der Waals surface area contributed by atoms with Crippen LogP contribution in [0.5, 0.6) is 11.5 Å². The van der Waals surface area contributed by atoms with Crippen LogP contribution in [0.15, 0.2) is 72.8 Å². The van der Waals surface area contributed by atoms with Gasteiger partial charge in [-0.25, -0.2) is 4.79 Å². The summed E-state index contributed by atoms with van der Waals surface area (Å²) in [6, 6.07) is 22.5. The van der Waals surface area contributed by atoms with Crippen molar-refractivity contribution in [1.82, 2.24) is 4.90 Å². The number of rotatable bonds is 8. The number of hydrogen-bond donors (Lipinski definition) is 0. The molecule has 1 fully saturated rings. The predicted octanol–water partition coefficient (Wildman–Crippen LogP) is 6.39. The molecule has 4 rings (SSSR count). The average molecular weight is 534 g/mol. The number of amides is 1. The molecule has 1 aliphatic heterocycles. The number of ether oxygens (including phenoxy) is 3. The molecular formula is C31H35NO5S. The second-order valence-electron chi connectivity index (χ2n) is 10.2. The van der Waals surface area contributed by atoms with E-state index in [4.69, 9.17) is 14.2 Å². The van der Waals surface area contributed by atoms with E-state index in [2.05, 4.69) is 20.8 Å². The summed E-state index contributed by atoms with van der Waals surface area (Å²) in [5.74, 6) is 1.03. The van der Waals surface area contributed by atoms with Gasteiger partial charge in [-0.1, -0.05) is 69.3 Å². The Bertz CT molecular complexity index is 1250. The van der Waals surface area contributed by atoms with Crippen LogP contribution < -0.4 is 9.47 Å². The van der Waals surface area contributed by atoms with Gasteiger partial charge in [0.1, 0.15) is 18.0 Å². The Hall–Kier alpha value is -3.45. The standard InChI is InChI=1S/C31H35NO5S/c1-6-36-30(34)25-20-38-29(32(25)28(33)22-12-15-24(16-13-22)31(2,3)4)23-14-17-26(35-5)27(18-23)37-19-21-10-8-7-9-11-21/h7-18,25,29H,6,19-20H2,1-5H3. The molecule has 3 aromatic rings. The zero-order valence-electron chi connectivity index (χ0n) is 22.6. The molecule has 0 saturated carbocycles. The van der Waals surface area contributed by atoms with Gasteiger partial charge in [-0.05, 0) is 53.3 Å². The van der Waals surface area contributed by atoms with Gasteiger partial charge >= 0.3 is 5.97 Å². The van der Waals surface area contributed by atoms with Crippen molar-refractivity contribution in [3.8, 4) is 11.5 Å². The Labute approximate surface area is 229 Å². The lowest BCUT2D eigenvalue weighted by Crippen LogP contribution is -2.43. The third kappa shape index (κ3) is 6.16. The van der Waals surface area contributed by atoms with Crippen molar-refractivity contribution in [2.75, 3.05) is 19.5 Å². The summed E-state index contributed by atoms with van der Waals surface area (Å²) in [6.45, 7) is 8.81. The second kappa shape index (κ2) is 11.9. The summed E-state index contributed by atoms with van der Waals surface area (Å²) < 4.78 is 17.0. The molecule has 1 amide bonds. The van der Waals surface area contributed by atoms with E-state index in [9.17, 15) is 9.59 Å². The largest absolute Gasteiger partial charge is 0.493 e. The van der Waals surface area contributed by atoms with Crippen molar-refractivity contribution in [2.45, 2.75) is 51.1 Å². The maximum absolute atomic E-state index is 13.9. The summed E-state index contributed by atoms with van der Waals surface area (Å²) in [5, 5.41) is -0.385. The minimum Gasteiger partial charge on any atom is -0.493 e. The molecule has 7 heteroatoms. The van der Waals surface area contributed by atoms with Crippen LogP contribution in [-0.4, -0.2) is 42.3 Å². The molecule has 1 heterocycles. The van der Waals surface area contributed by atoms with Crippen molar-refractivity contribution in [3.05, 3.63) is 95.1 Å². The molecule has 0 bridgehead atoms. The van der Waals surface area contributed by atoms with E-state index in [1.54, 1.807) is 30.7 Å². The van der Waals surface area contributed by atoms with Crippen LogP contribution in [0.4, 0.5) is 0 Å². The van der Waals surface area contributed by atoms with Crippen LogP contribution in [0.3, 0.4) is 0 Å². The van der Waals surface area contributed by atoms with Gasteiger partial charge in [-0.15, -0.1) is 11.8 Å². The summed E-state index contributed by atoms with van der Waals surface area (Å²) in [7, 11) is 1.60. The van der Waals surface area contributed by atoms with Gasteiger partial charge in [0, 0.05) is 11.3 Å². The Morgan fingerprint density at radius 1 is 0.974 bits per heavy atom. The zero-order chi connectivity index (χ0) is 27.3. The number of esters is 1. The highest BCUT2D eigenvalue weighted by molar-refractivity contribution is 7.99. The van der Waals surface area contributed by atoms with Crippen LogP contribution in [0.25, 0.3) is 0 Å². The number of benzene rings is 3. The topological polar surface area (TPSA) is 65.1 Å². The molecule has 2 unspecified atom stereocenters. The quantitative estimate of drug-likeness (QED) is 0.313. The third-order valence-electron chi connectivity index (χ3n) is 6.50. The normalized spacial score (nSPS) is 17.2. The van der Waals surface area contributed by atoms with E-state index in [-0.39, 0.29) is 23.3 Å². The van der Waals surface area contributed by atoms with Gasteiger partial charge in [-0.2, -0.15) is 0 Å². The molecular weight excluding hydrogens is 498 g/mol. The van der Waals surface area contributed by atoms with Crippen molar-refractivity contribution in [3.63, 3.8) is 0 Å². The van der Waals surface area contributed by atoms with E-state index in [0.717, 1.165) is 16.7 Å². The summed E-state index contributed by atoms with van der Waals surface area (Å²) >= 11 is 1.54. The number of carbonyl (C=O) groups excluding carboxylic acids is 2. The van der Waals surface area contributed by atoms with E-state index >= 15 is 0 Å². The molecule has 0 aliphatic carbocycles. The smallest absolute Gasteiger partial charge is 0.329 e. The number of methoxy groups -OCH3 is 1. The third-order valence-corrected chi connectivity index (χ3v) is 7.82. The SMILES string of the molecule is CCOC(=O)C1CSC(c2ccc(OC)c(OCc3ccccc3)c2)N1C(=O)c1ccc(C(C)(C)C)cc1. The first kappa shape index (κ1) is 27.6. The Kier molecular flexibility index (Phi) is 8.67. The minimum atomic E-state index is -0.685.